The molecular formula is C32H35ClN6O10S4. The first-order chi connectivity index (χ1) is 24.5. The van der Waals surface area contributed by atoms with Crippen LogP contribution >= 0.6 is 33.7 Å². The van der Waals surface area contributed by atoms with E-state index in [0.717, 1.165) is 36.4 Å². The van der Waals surface area contributed by atoms with Crippen LogP contribution in [0, 0.1) is 13.8 Å². The van der Waals surface area contributed by atoms with Gasteiger partial charge in [-0.15, -0.1) is 0 Å². The first-order valence-corrected chi connectivity index (χ1v) is 21.4. The van der Waals surface area contributed by atoms with Gasteiger partial charge in [0.05, 0.1) is 50.8 Å². The molecule has 0 saturated heterocycles. The fraction of sp³-hybridized carbons (Fsp3) is 0.312. The molecule has 2 aromatic carbocycles. The summed E-state index contributed by atoms with van der Waals surface area (Å²) < 4.78 is 61.8. The van der Waals surface area contributed by atoms with Gasteiger partial charge in [-0.2, -0.15) is 17.2 Å². The van der Waals surface area contributed by atoms with Crippen molar-refractivity contribution in [2.24, 2.45) is 14.1 Å². The lowest BCUT2D eigenvalue weighted by molar-refractivity contribution is 0.197. The topological polar surface area (TPSA) is 212 Å². The Balaban J connectivity index is 0.000000212. The van der Waals surface area contributed by atoms with Crippen molar-refractivity contribution >= 4 is 73.1 Å². The van der Waals surface area contributed by atoms with Gasteiger partial charge < -0.3 is 14.2 Å². The lowest BCUT2D eigenvalue weighted by Gasteiger charge is -2.11. The van der Waals surface area contributed by atoms with Gasteiger partial charge in [0.15, 0.2) is 0 Å². The van der Waals surface area contributed by atoms with E-state index in [4.69, 9.17) is 4.18 Å². The van der Waals surface area contributed by atoms with Crippen LogP contribution in [-0.4, -0.2) is 61.5 Å². The summed E-state index contributed by atoms with van der Waals surface area (Å²) in [5, 5.41) is 11.2. The molecule has 4 aromatic heterocycles. The molecule has 0 fully saturated rings. The van der Waals surface area contributed by atoms with Gasteiger partial charge in [-0.3, -0.25) is 13.8 Å². The van der Waals surface area contributed by atoms with Crippen molar-refractivity contribution in [3.63, 3.8) is 0 Å². The highest BCUT2D eigenvalue weighted by molar-refractivity contribution is 8.13. The number of benzene rings is 2. The highest BCUT2D eigenvalue weighted by atomic mass is 35.7. The molecule has 0 aliphatic heterocycles. The Kier molecular flexibility index (Phi) is 12.5. The lowest BCUT2D eigenvalue weighted by Crippen LogP contribution is -2.38. The van der Waals surface area contributed by atoms with Crippen LogP contribution in [-0.2, 0) is 37.4 Å². The predicted molar refractivity (Wildman–Crippen MR) is 206 cm³/mol. The minimum atomic E-state index is -3.65. The zero-order valence-corrected chi connectivity index (χ0v) is 33.6. The molecule has 16 nitrogen and oxygen atoms in total. The van der Waals surface area contributed by atoms with E-state index in [-0.39, 0.29) is 5.56 Å². The first kappa shape index (κ1) is 41.4. The minimum absolute atomic E-state index is 0.373. The van der Waals surface area contributed by atoms with E-state index < -0.39 is 48.3 Å². The molecule has 0 aliphatic rings. The molecule has 2 unspecified atom stereocenters. The molecule has 53 heavy (non-hydrogen) atoms. The molecule has 6 aromatic rings. The van der Waals surface area contributed by atoms with Gasteiger partial charge in [0.2, 0.25) is 9.05 Å². The third-order valence-electron chi connectivity index (χ3n) is 7.70. The van der Waals surface area contributed by atoms with Gasteiger partial charge in [-0.25, -0.2) is 27.1 Å². The molecule has 4 heterocycles. The van der Waals surface area contributed by atoms with Crippen molar-refractivity contribution in [1.29, 1.82) is 0 Å². The Bertz CT molecular complexity index is 2810. The largest absolute Gasteiger partial charge is 0.387 e. The van der Waals surface area contributed by atoms with E-state index in [1.807, 2.05) is 0 Å². The average Bonchev–Trinajstić information content (AvgIpc) is 3.66. The van der Waals surface area contributed by atoms with Crippen LogP contribution in [0.1, 0.15) is 48.8 Å². The van der Waals surface area contributed by atoms with Crippen LogP contribution in [0.5, 0.6) is 0 Å². The maximum Gasteiger partial charge on any atom is 0.335 e. The van der Waals surface area contributed by atoms with Gasteiger partial charge >= 0.3 is 11.4 Å². The van der Waals surface area contributed by atoms with E-state index >= 15 is 0 Å². The maximum absolute atomic E-state index is 12.5. The molecule has 0 spiro atoms. The SMILES string of the molecule is CS(=O)(=O)Cl.Cc1cc(=O)n(-c2ccc3snc(C(C)O)c3c2)c(=O)n1C.Cc1cc(=O)n(-c2ccc3snc(C(C)OS(C)(=O)=O)c3c2)c(=O)n1C. The Labute approximate surface area is 315 Å². The van der Waals surface area contributed by atoms with Crippen LogP contribution in [0.15, 0.2) is 67.7 Å². The van der Waals surface area contributed by atoms with Crippen molar-refractivity contribution in [3.05, 3.63) is 113 Å². The van der Waals surface area contributed by atoms with Crippen molar-refractivity contribution in [2.75, 3.05) is 12.5 Å². The van der Waals surface area contributed by atoms with Crippen molar-refractivity contribution < 1.29 is 26.1 Å². The van der Waals surface area contributed by atoms with Crippen molar-refractivity contribution in [3.8, 4) is 11.4 Å². The molecule has 0 amide bonds. The molecule has 2 atom stereocenters. The Morgan fingerprint density at radius 3 is 1.47 bits per heavy atom. The van der Waals surface area contributed by atoms with Gasteiger partial charge in [-0.05, 0) is 87.2 Å². The molecule has 0 saturated carbocycles. The summed E-state index contributed by atoms with van der Waals surface area (Å²) in [6.45, 7) is 6.61. The number of nitrogens with zero attached hydrogens (tertiary/aromatic N) is 6. The summed E-state index contributed by atoms with van der Waals surface area (Å²) in [4.78, 5) is 49.4. The zero-order valence-electron chi connectivity index (χ0n) is 29.6. The quantitative estimate of drug-likeness (QED) is 0.190. The second-order valence-electron chi connectivity index (χ2n) is 11.9. The smallest absolute Gasteiger partial charge is 0.335 e. The zero-order chi connectivity index (χ0) is 39.7. The molecule has 284 valence electrons. The molecule has 6 rings (SSSR count). The van der Waals surface area contributed by atoms with E-state index in [2.05, 4.69) is 19.4 Å². The molecule has 0 aliphatic carbocycles. The normalized spacial score (nSPS) is 12.9. The fourth-order valence-corrected chi connectivity index (χ4v) is 7.30. The van der Waals surface area contributed by atoms with Crippen LogP contribution in [0.4, 0.5) is 0 Å². The number of aliphatic hydroxyl groups excluding tert-OH is 1. The number of aryl methyl sites for hydroxylation is 2. The van der Waals surface area contributed by atoms with E-state index in [9.17, 15) is 41.1 Å². The summed E-state index contributed by atoms with van der Waals surface area (Å²) >= 11 is 2.47. The second-order valence-corrected chi connectivity index (χ2v) is 18.2. The number of aromatic nitrogens is 6. The van der Waals surface area contributed by atoms with Crippen LogP contribution in [0.2, 0.25) is 0 Å². The number of hydrogen-bond acceptors (Lipinski definition) is 14. The number of rotatable bonds is 6. The third-order valence-corrected chi connectivity index (χ3v) is 10.0. The molecule has 0 bridgehead atoms. The Hall–Kier alpha value is -4.31. The van der Waals surface area contributed by atoms with Crippen LogP contribution in [0.25, 0.3) is 31.5 Å². The highest BCUT2D eigenvalue weighted by Gasteiger charge is 2.20. The van der Waals surface area contributed by atoms with Gasteiger partial charge in [0, 0.05) is 59.1 Å². The number of halogens is 1. The maximum atomic E-state index is 12.5. The van der Waals surface area contributed by atoms with E-state index in [0.29, 0.717) is 39.5 Å². The van der Waals surface area contributed by atoms with Gasteiger partial charge in [-0.1, -0.05) is 0 Å². The number of aliphatic hydroxyl groups is 1. The highest BCUT2D eigenvalue weighted by Crippen LogP contribution is 2.31. The predicted octanol–water partition coefficient (Wildman–Crippen LogP) is 3.18. The molecule has 1 N–H and O–H groups in total. The van der Waals surface area contributed by atoms with Crippen LogP contribution in [0.3, 0.4) is 0 Å². The van der Waals surface area contributed by atoms with Crippen LogP contribution < -0.4 is 22.5 Å². The summed E-state index contributed by atoms with van der Waals surface area (Å²) in [7, 11) is 0.873. The third kappa shape index (κ3) is 9.82. The molecule has 21 heteroatoms. The molecule has 0 radical (unpaired) electrons. The first-order valence-electron chi connectivity index (χ1n) is 15.3. The second kappa shape index (κ2) is 16.0. The summed E-state index contributed by atoms with van der Waals surface area (Å²) in [5.41, 5.74) is 1.35. The lowest BCUT2D eigenvalue weighted by atomic mass is 10.1. The van der Waals surface area contributed by atoms with Crippen molar-refractivity contribution in [1.82, 2.24) is 27.0 Å². The fourth-order valence-electron chi connectivity index (χ4n) is 5.02. The Morgan fingerprint density at radius 2 is 1.09 bits per heavy atom. The minimum Gasteiger partial charge on any atom is -0.387 e. The number of fused-ring (bicyclic) bond motifs is 2. The van der Waals surface area contributed by atoms with Gasteiger partial charge in [0.25, 0.3) is 21.2 Å². The summed E-state index contributed by atoms with van der Waals surface area (Å²) in [6.07, 6.45) is 0.404. The Morgan fingerprint density at radius 1 is 0.717 bits per heavy atom. The average molecular weight is 827 g/mol. The monoisotopic (exact) mass is 826 g/mol. The van der Waals surface area contributed by atoms with E-state index in [1.165, 1.54) is 44.3 Å². The number of hydrogen-bond donors (Lipinski definition) is 1. The van der Waals surface area contributed by atoms with E-state index in [1.54, 1.807) is 78.2 Å². The standard InChI is InChI=1S/C16H17N3O5S2.C15H15N3O3S.CH3ClO2S/c1-9-7-14(20)19(16(21)18(9)3)11-5-6-13-12(8-11)15(17-25-13)10(2)24-26(4,22)23;1-8-6-13(20)18(15(21)17(8)3)10-4-5-12-11(7-10)14(9(2)19)16-22-12;1-5(2,3)4/h5-8,10H,1-4H3;4-7,9,19H,1-3H3;1H3. The summed E-state index contributed by atoms with van der Waals surface area (Å²) in [6, 6.07) is 13.1. The summed E-state index contributed by atoms with van der Waals surface area (Å²) in [5.74, 6) is 0. The van der Waals surface area contributed by atoms with Crippen molar-refractivity contribution in [2.45, 2.75) is 39.9 Å². The molecular weight excluding hydrogens is 792 g/mol. The van der Waals surface area contributed by atoms with Gasteiger partial charge in [0.1, 0.15) is 6.10 Å².